The molecule has 3 rings (SSSR count). The van der Waals surface area contributed by atoms with E-state index in [-0.39, 0.29) is 12.7 Å². The number of benzene rings is 1. The molecule has 0 bridgehead atoms. The number of hydrogen-bond acceptors (Lipinski definition) is 5. The average Bonchev–Trinajstić information content (AvgIpc) is 3.14. The number of anilines is 2. The number of nitrogens with zero attached hydrogens (tertiary/aromatic N) is 2. The lowest BCUT2D eigenvalue weighted by Crippen LogP contribution is -2.36. The molecule has 7 nitrogen and oxygen atoms in total. The maximum Gasteiger partial charge on any atom is 0.410 e. The van der Waals surface area contributed by atoms with Crippen LogP contribution in [-0.4, -0.2) is 51.8 Å². The van der Waals surface area contributed by atoms with E-state index >= 15 is 0 Å². The summed E-state index contributed by atoms with van der Waals surface area (Å²) in [6.45, 7) is 3.29. The second kappa shape index (κ2) is 8.16. The summed E-state index contributed by atoms with van der Waals surface area (Å²) in [6.07, 6.45) is 6.13. The van der Waals surface area contributed by atoms with Crippen molar-refractivity contribution < 1.29 is 17.9 Å². The van der Waals surface area contributed by atoms with Crippen LogP contribution in [0.2, 0.25) is 0 Å². The molecule has 2 fully saturated rings. The molecule has 0 radical (unpaired) electrons. The maximum atomic E-state index is 12.3. The summed E-state index contributed by atoms with van der Waals surface area (Å²) in [7, 11) is -3.44. The molecular weight excluding hydrogens is 354 g/mol. The number of sulfonamides is 1. The van der Waals surface area contributed by atoms with Crippen LogP contribution in [0, 0.1) is 0 Å². The van der Waals surface area contributed by atoms with Crippen molar-refractivity contribution >= 4 is 27.5 Å². The highest BCUT2D eigenvalue weighted by Gasteiger charge is 2.22. The molecule has 0 atom stereocenters. The molecule has 144 valence electrons. The van der Waals surface area contributed by atoms with Crippen LogP contribution in [0.1, 0.15) is 37.7 Å². The molecule has 1 aromatic rings. The Morgan fingerprint density at radius 1 is 1.08 bits per heavy atom. The topological polar surface area (TPSA) is 78.9 Å². The lowest BCUT2D eigenvalue weighted by molar-refractivity contribution is 0.0896. The third-order valence-corrected chi connectivity index (χ3v) is 5.40. The summed E-state index contributed by atoms with van der Waals surface area (Å²) in [6, 6.07) is 5.59. The standard InChI is InChI=1S/C18H27N3O4S/c1-26(23,24)19-17-15(8-7-9-16(17)20-10-5-6-11-20)14-25-18(22)21-12-3-2-4-13-21/h7-9,19H,2-6,10-14H2,1H3. The van der Waals surface area contributed by atoms with Crippen LogP contribution in [0.4, 0.5) is 16.2 Å². The molecule has 0 unspecified atom stereocenters. The number of ether oxygens (including phenoxy) is 1. The van der Waals surface area contributed by atoms with Gasteiger partial charge >= 0.3 is 6.09 Å². The molecular formula is C18H27N3O4S. The second-order valence-electron chi connectivity index (χ2n) is 6.98. The minimum atomic E-state index is -3.44. The van der Waals surface area contributed by atoms with Gasteiger partial charge in [-0.3, -0.25) is 4.72 Å². The van der Waals surface area contributed by atoms with Gasteiger partial charge in [0.25, 0.3) is 0 Å². The van der Waals surface area contributed by atoms with E-state index < -0.39 is 10.0 Å². The fourth-order valence-corrected chi connectivity index (χ4v) is 4.15. The molecule has 0 aliphatic carbocycles. The van der Waals surface area contributed by atoms with Gasteiger partial charge in [0.05, 0.1) is 17.6 Å². The summed E-state index contributed by atoms with van der Waals surface area (Å²) in [5, 5.41) is 0. The van der Waals surface area contributed by atoms with E-state index in [1.165, 1.54) is 0 Å². The summed E-state index contributed by atoms with van der Waals surface area (Å²) in [5.74, 6) is 0. The predicted molar refractivity (Wildman–Crippen MR) is 102 cm³/mol. The van der Waals surface area contributed by atoms with Crippen molar-refractivity contribution in [3.05, 3.63) is 23.8 Å². The van der Waals surface area contributed by atoms with Crippen LogP contribution >= 0.6 is 0 Å². The summed E-state index contributed by atoms with van der Waals surface area (Å²) < 4.78 is 31.8. The normalized spacial score (nSPS) is 18.0. The highest BCUT2D eigenvalue weighted by Crippen LogP contribution is 2.33. The molecule has 0 spiro atoms. The lowest BCUT2D eigenvalue weighted by Gasteiger charge is -2.27. The zero-order valence-electron chi connectivity index (χ0n) is 15.2. The number of rotatable bonds is 5. The van der Waals surface area contributed by atoms with E-state index in [2.05, 4.69) is 9.62 Å². The molecule has 1 aromatic carbocycles. The minimum Gasteiger partial charge on any atom is -0.444 e. The van der Waals surface area contributed by atoms with E-state index in [0.717, 1.165) is 70.2 Å². The molecule has 2 saturated heterocycles. The van der Waals surface area contributed by atoms with E-state index in [4.69, 9.17) is 4.74 Å². The number of carbonyl (C=O) groups is 1. The number of piperidine rings is 1. The van der Waals surface area contributed by atoms with Crippen molar-refractivity contribution in [2.24, 2.45) is 0 Å². The van der Waals surface area contributed by atoms with Gasteiger partial charge in [0.15, 0.2) is 0 Å². The van der Waals surface area contributed by atoms with Gasteiger partial charge in [0, 0.05) is 31.7 Å². The van der Waals surface area contributed by atoms with E-state index in [1.807, 2.05) is 12.1 Å². The highest BCUT2D eigenvalue weighted by atomic mass is 32.2. The number of nitrogens with one attached hydrogen (secondary N) is 1. The van der Waals surface area contributed by atoms with Gasteiger partial charge in [-0.1, -0.05) is 12.1 Å². The quantitative estimate of drug-likeness (QED) is 0.848. The second-order valence-corrected chi connectivity index (χ2v) is 8.73. The van der Waals surface area contributed by atoms with E-state index in [0.29, 0.717) is 11.3 Å². The van der Waals surface area contributed by atoms with Crippen LogP contribution in [0.3, 0.4) is 0 Å². The monoisotopic (exact) mass is 381 g/mol. The molecule has 1 amide bonds. The zero-order chi connectivity index (χ0) is 18.6. The molecule has 26 heavy (non-hydrogen) atoms. The zero-order valence-corrected chi connectivity index (χ0v) is 16.1. The first-order chi connectivity index (χ1) is 12.4. The molecule has 0 aromatic heterocycles. The first kappa shape index (κ1) is 18.8. The van der Waals surface area contributed by atoms with Crippen molar-refractivity contribution in [1.29, 1.82) is 0 Å². The Morgan fingerprint density at radius 2 is 1.73 bits per heavy atom. The molecule has 2 heterocycles. The SMILES string of the molecule is CS(=O)(=O)Nc1c(COC(=O)N2CCCCC2)cccc1N1CCCC1. The molecule has 1 N–H and O–H groups in total. The van der Waals surface area contributed by atoms with Gasteiger partial charge in [-0.25, -0.2) is 13.2 Å². The number of para-hydroxylation sites is 1. The van der Waals surface area contributed by atoms with Gasteiger partial charge in [-0.05, 0) is 38.2 Å². The third-order valence-electron chi connectivity index (χ3n) is 4.83. The predicted octanol–water partition coefficient (Wildman–Crippen LogP) is 2.78. The molecule has 0 saturated carbocycles. The summed E-state index contributed by atoms with van der Waals surface area (Å²) in [4.78, 5) is 16.2. The number of hydrogen-bond donors (Lipinski definition) is 1. The lowest BCUT2D eigenvalue weighted by atomic mass is 10.1. The van der Waals surface area contributed by atoms with Crippen molar-refractivity contribution in [2.75, 3.05) is 42.1 Å². The fraction of sp³-hybridized carbons (Fsp3) is 0.611. The van der Waals surface area contributed by atoms with Crippen LogP contribution in [-0.2, 0) is 21.4 Å². The van der Waals surface area contributed by atoms with Crippen LogP contribution in [0.5, 0.6) is 0 Å². The number of likely N-dealkylation sites (tertiary alicyclic amines) is 1. The Morgan fingerprint density at radius 3 is 2.38 bits per heavy atom. The Bertz CT molecular complexity index is 739. The molecule has 8 heteroatoms. The van der Waals surface area contributed by atoms with Crippen molar-refractivity contribution in [3.63, 3.8) is 0 Å². The smallest absolute Gasteiger partial charge is 0.410 e. The van der Waals surface area contributed by atoms with Crippen LogP contribution in [0.25, 0.3) is 0 Å². The van der Waals surface area contributed by atoms with Crippen molar-refractivity contribution in [2.45, 2.75) is 38.7 Å². The summed E-state index contributed by atoms with van der Waals surface area (Å²) >= 11 is 0. The average molecular weight is 381 g/mol. The van der Waals surface area contributed by atoms with Gasteiger partial charge in [0.2, 0.25) is 10.0 Å². The van der Waals surface area contributed by atoms with Crippen molar-refractivity contribution in [3.8, 4) is 0 Å². The Kier molecular flexibility index (Phi) is 5.90. The maximum absolute atomic E-state index is 12.3. The van der Waals surface area contributed by atoms with Gasteiger partial charge < -0.3 is 14.5 Å². The van der Waals surface area contributed by atoms with E-state index in [9.17, 15) is 13.2 Å². The van der Waals surface area contributed by atoms with Gasteiger partial charge in [0.1, 0.15) is 6.61 Å². The van der Waals surface area contributed by atoms with Crippen molar-refractivity contribution in [1.82, 2.24) is 4.90 Å². The van der Waals surface area contributed by atoms with Crippen LogP contribution in [0.15, 0.2) is 18.2 Å². The summed E-state index contributed by atoms with van der Waals surface area (Å²) in [5.41, 5.74) is 2.04. The largest absolute Gasteiger partial charge is 0.444 e. The first-order valence-corrected chi connectivity index (χ1v) is 11.1. The minimum absolute atomic E-state index is 0.0505. The Balaban J connectivity index is 1.78. The Labute approximate surface area is 155 Å². The molecule has 2 aliphatic rings. The van der Waals surface area contributed by atoms with Crippen LogP contribution < -0.4 is 9.62 Å². The Hall–Kier alpha value is -1.96. The number of carbonyl (C=O) groups excluding carboxylic acids is 1. The number of amides is 1. The fourth-order valence-electron chi connectivity index (χ4n) is 3.54. The third kappa shape index (κ3) is 4.81. The molecule has 2 aliphatic heterocycles. The van der Waals surface area contributed by atoms with Gasteiger partial charge in [-0.15, -0.1) is 0 Å². The highest BCUT2D eigenvalue weighted by molar-refractivity contribution is 7.92. The van der Waals surface area contributed by atoms with Gasteiger partial charge in [-0.2, -0.15) is 0 Å². The first-order valence-electron chi connectivity index (χ1n) is 9.20. The van der Waals surface area contributed by atoms with E-state index in [1.54, 1.807) is 11.0 Å².